The number of nitrogens with one attached hydrogen (secondary N) is 1. The predicted molar refractivity (Wildman–Crippen MR) is 89.8 cm³/mol. The summed E-state index contributed by atoms with van der Waals surface area (Å²) in [4.78, 5) is 16.5. The molecule has 1 amide bonds. The number of amides is 1. The van der Waals surface area contributed by atoms with Gasteiger partial charge in [-0.15, -0.1) is 0 Å². The topological polar surface area (TPSA) is 59.8 Å². The largest absolute Gasteiger partial charge is 0.353 e. The minimum absolute atomic E-state index is 0.0864. The number of carbonyl (C=O) groups is 1. The van der Waals surface area contributed by atoms with Gasteiger partial charge >= 0.3 is 0 Å². The highest BCUT2D eigenvalue weighted by molar-refractivity contribution is 6.32. The second-order valence-corrected chi connectivity index (χ2v) is 6.39. The fourth-order valence-corrected chi connectivity index (χ4v) is 3.25. The standard InChI is InChI=1S/C17H21ClN4O/c1-12-19-16(10-11-17(23)20-13-6-2-3-7-13)22(21-12)15-9-5-4-8-14(15)18/h4-5,8-9,13H,2-3,6-7,10-11H2,1H3,(H,20,23). The molecule has 1 aromatic heterocycles. The van der Waals surface area contributed by atoms with Crippen LogP contribution in [-0.4, -0.2) is 26.7 Å². The van der Waals surface area contributed by atoms with Gasteiger partial charge < -0.3 is 5.32 Å². The maximum Gasteiger partial charge on any atom is 0.220 e. The van der Waals surface area contributed by atoms with Gasteiger partial charge in [-0.1, -0.05) is 36.6 Å². The van der Waals surface area contributed by atoms with Gasteiger partial charge in [0.2, 0.25) is 5.91 Å². The van der Waals surface area contributed by atoms with Gasteiger partial charge in [0.1, 0.15) is 11.6 Å². The van der Waals surface area contributed by atoms with E-state index in [0.717, 1.165) is 24.4 Å². The van der Waals surface area contributed by atoms with E-state index in [9.17, 15) is 4.79 Å². The smallest absolute Gasteiger partial charge is 0.220 e. The van der Waals surface area contributed by atoms with Crippen molar-refractivity contribution >= 4 is 17.5 Å². The highest BCUT2D eigenvalue weighted by Gasteiger charge is 2.18. The maximum absolute atomic E-state index is 12.1. The molecule has 6 heteroatoms. The molecule has 1 heterocycles. The Bertz CT molecular complexity index is 692. The zero-order valence-corrected chi connectivity index (χ0v) is 14.0. The Morgan fingerprint density at radius 1 is 1.35 bits per heavy atom. The van der Waals surface area contributed by atoms with Gasteiger partial charge in [0, 0.05) is 18.9 Å². The van der Waals surface area contributed by atoms with Crippen LogP contribution in [0.3, 0.4) is 0 Å². The molecule has 0 radical (unpaired) electrons. The van der Waals surface area contributed by atoms with Gasteiger partial charge in [-0.05, 0) is 31.9 Å². The average Bonchev–Trinajstić information content (AvgIpc) is 3.15. The summed E-state index contributed by atoms with van der Waals surface area (Å²) in [7, 11) is 0. The molecule has 1 saturated carbocycles. The van der Waals surface area contributed by atoms with Crippen molar-refractivity contribution in [3.05, 3.63) is 40.9 Å². The molecular weight excluding hydrogens is 312 g/mol. The molecule has 122 valence electrons. The number of aryl methyl sites for hydroxylation is 2. The molecule has 0 aliphatic heterocycles. The predicted octanol–water partition coefficient (Wildman–Crippen LogP) is 3.22. The fraction of sp³-hybridized carbons (Fsp3) is 0.471. The highest BCUT2D eigenvalue weighted by Crippen LogP contribution is 2.21. The number of rotatable bonds is 5. The SMILES string of the molecule is Cc1nc(CCC(=O)NC2CCCC2)n(-c2ccccc2Cl)n1. The Hall–Kier alpha value is -1.88. The second-order valence-electron chi connectivity index (χ2n) is 5.99. The normalized spacial score (nSPS) is 15.0. The number of nitrogens with zero attached hydrogens (tertiary/aromatic N) is 3. The Morgan fingerprint density at radius 2 is 2.09 bits per heavy atom. The lowest BCUT2D eigenvalue weighted by atomic mass is 10.2. The molecule has 1 N–H and O–H groups in total. The molecule has 1 aliphatic rings. The number of benzene rings is 1. The van der Waals surface area contributed by atoms with Crippen molar-refractivity contribution < 1.29 is 4.79 Å². The lowest BCUT2D eigenvalue weighted by molar-refractivity contribution is -0.121. The van der Waals surface area contributed by atoms with E-state index in [1.165, 1.54) is 12.8 Å². The van der Waals surface area contributed by atoms with Crippen LogP contribution in [0, 0.1) is 6.92 Å². The fourth-order valence-electron chi connectivity index (χ4n) is 3.03. The number of para-hydroxylation sites is 1. The monoisotopic (exact) mass is 332 g/mol. The van der Waals surface area contributed by atoms with E-state index in [1.807, 2.05) is 31.2 Å². The number of aromatic nitrogens is 3. The Balaban J connectivity index is 1.68. The van der Waals surface area contributed by atoms with E-state index in [-0.39, 0.29) is 5.91 Å². The number of carbonyl (C=O) groups excluding carboxylic acids is 1. The molecule has 5 nitrogen and oxygen atoms in total. The molecule has 0 spiro atoms. The molecular formula is C17H21ClN4O. The number of hydrogen-bond donors (Lipinski definition) is 1. The van der Waals surface area contributed by atoms with Crippen LogP contribution in [-0.2, 0) is 11.2 Å². The molecule has 1 aromatic carbocycles. The van der Waals surface area contributed by atoms with Crippen molar-refractivity contribution in [2.24, 2.45) is 0 Å². The number of hydrogen-bond acceptors (Lipinski definition) is 3. The third-order valence-electron chi connectivity index (χ3n) is 4.16. The summed E-state index contributed by atoms with van der Waals surface area (Å²) in [6, 6.07) is 7.87. The van der Waals surface area contributed by atoms with Gasteiger partial charge in [0.05, 0.1) is 10.7 Å². The Morgan fingerprint density at radius 3 is 2.83 bits per heavy atom. The minimum Gasteiger partial charge on any atom is -0.353 e. The van der Waals surface area contributed by atoms with Crippen molar-refractivity contribution in [3.63, 3.8) is 0 Å². The van der Waals surface area contributed by atoms with Crippen LogP contribution in [0.1, 0.15) is 43.8 Å². The van der Waals surface area contributed by atoms with E-state index < -0.39 is 0 Å². The van der Waals surface area contributed by atoms with Gasteiger partial charge in [0.25, 0.3) is 0 Å². The quantitative estimate of drug-likeness (QED) is 0.914. The third kappa shape index (κ3) is 3.91. The van der Waals surface area contributed by atoms with Crippen molar-refractivity contribution in [2.75, 3.05) is 0 Å². The van der Waals surface area contributed by atoms with Crippen LogP contribution in [0.15, 0.2) is 24.3 Å². The van der Waals surface area contributed by atoms with Gasteiger partial charge in [-0.2, -0.15) is 5.10 Å². The summed E-state index contributed by atoms with van der Waals surface area (Å²) in [6.07, 6.45) is 5.58. The summed E-state index contributed by atoms with van der Waals surface area (Å²) >= 11 is 6.25. The van der Waals surface area contributed by atoms with Crippen molar-refractivity contribution in [3.8, 4) is 5.69 Å². The summed E-state index contributed by atoms with van der Waals surface area (Å²) in [5.74, 6) is 1.52. The molecule has 1 fully saturated rings. The van der Waals surface area contributed by atoms with Crippen LogP contribution in [0.4, 0.5) is 0 Å². The Labute approximate surface area is 141 Å². The number of halogens is 1. The summed E-state index contributed by atoms with van der Waals surface area (Å²) < 4.78 is 1.74. The summed E-state index contributed by atoms with van der Waals surface area (Å²) in [6.45, 7) is 1.84. The van der Waals surface area contributed by atoms with E-state index in [1.54, 1.807) is 4.68 Å². The first kappa shape index (κ1) is 16.0. The van der Waals surface area contributed by atoms with Crippen molar-refractivity contribution in [1.82, 2.24) is 20.1 Å². The minimum atomic E-state index is 0.0864. The highest BCUT2D eigenvalue weighted by atomic mass is 35.5. The first-order valence-corrected chi connectivity index (χ1v) is 8.48. The second kappa shape index (κ2) is 7.13. The lowest BCUT2D eigenvalue weighted by Crippen LogP contribution is -2.32. The zero-order valence-electron chi connectivity index (χ0n) is 13.3. The Kier molecular flexibility index (Phi) is 4.96. The molecule has 0 unspecified atom stereocenters. The maximum atomic E-state index is 12.1. The van der Waals surface area contributed by atoms with Crippen LogP contribution in [0.25, 0.3) is 5.69 Å². The summed E-state index contributed by atoms with van der Waals surface area (Å²) in [5.41, 5.74) is 0.793. The zero-order chi connectivity index (χ0) is 16.2. The molecule has 0 saturated heterocycles. The summed E-state index contributed by atoms with van der Waals surface area (Å²) in [5, 5.41) is 8.14. The molecule has 23 heavy (non-hydrogen) atoms. The third-order valence-corrected chi connectivity index (χ3v) is 4.48. The molecule has 2 aromatic rings. The molecule has 1 aliphatic carbocycles. The first-order chi connectivity index (χ1) is 11.1. The van der Waals surface area contributed by atoms with Crippen molar-refractivity contribution in [1.29, 1.82) is 0 Å². The lowest BCUT2D eigenvalue weighted by Gasteiger charge is -2.12. The van der Waals surface area contributed by atoms with Gasteiger partial charge in [0.15, 0.2) is 0 Å². The molecule has 0 bridgehead atoms. The first-order valence-electron chi connectivity index (χ1n) is 8.10. The van der Waals surface area contributed by atoms with Gasteiger partial charge in [-0.25, -0.2) is 9.67 Å². The van der Waals surface area contributed by atoms with Crippen LogP contribution in [0.2, 0.25) is 5.02 Å². The van der Waals surface area contributed by atoms with E-state index in [0.29, 0.717) is 29.7 Å². The van der Waals surface area contributed by atoms with Crippen LogP contribution < -0.4 is 5.32 Å². The molecule has 3 rings (SSSR count). The average molecular weight is 333 g/mol. The van der Waals surface area contributed by atoms with E-state index in [4.69, 9.17) is 11.6 Å². The van der Waals surface area contributed by atoms with E-state index in [2.05, 4.69) is 15.4 Å². The van der Waals surface area contributed by atoms with E-state index >= 15 is 0 Å². The van der Waals surface area contributed by atoms with Crippen LogP contribution >= 0.6 is 11.6 Å². The van der Waals surface area contributed by atoms with Crippen molar-refractivity contribution in [2.45, 2.75) is 51.5 Å². The van der Waals surface area contributed by atoms with Gasteiger partial charge in [-0.3, -0.25) is 4.79 Å². The molecule has 0 atom stereocenters. The van der Waals surface area contributed by atoms with Crippen LogP contribution in [0.5, 0.6) is 0 Å².